The van der Waals surface area contributed by atoms with Crippen LogP contribution in [0.5, 0.6) is 0 Å². The van der Waals surface area contributed by atoms with Gasteiger partial charge in [0, 0.05) is 35.4 Å². The van der Waals surface area contributed by atoms with Crippen LogP contribution in [0.3, 0.4) is 0 Å². The van der Waals surface area contributed by atoms with Gasteiger partial charge in [-0.05, 0) is 85.5 Å². The zero-order valence-electron chi connectivity index (χ0n) is 19.2. The molecule has 1 N–H and O–H groups in total. The summed E-state index contributed by atoms with van der Waals surface area (Å²) in [7, 11) is 0. The van der Waals surface area contributed by atoms with Gasteiger partial charge in [-0.2, -0.15) is 0 Å². The standard InChI is InChI=1S/C26H31ClFN3O3/c27-21-3-1-18(2-4-21)19-11-13-31(14-12-19)26(32)17-34-24-8-5-22(6-9-24)29-23-7-10-25(30-33)20(15-23)16-28/h1-4,7,10,15,19,22,24,29H,5-6,8-9,11-14,16-17H2. The number of nitrogens with one attached hydrogen (secondary N) is 1. The number of likely N-dealkylation sites (tertiary alicyclic amines) is 1. The van der Waals surface area contributed by atoms with E-state index in [0.717, 1.165) is 62.3 Å². The van der Waals surface area contributed by atoms with Gasteiger partial charge < -0.3 is 15.0 Å². The molecule has 1 saturated heterocycles. The van der Waals surface area contributed by atoms with Crippen LogP contribution >= 0.6 is 11.6 Å². The Hall–Kier alpha value is -2.51. The second-order valence-electron chi connectivity index (χ2n) is 9.20. The molecular weight excluding hydrogens is 457 g/mol. The Morgan fingerprint density at radius 2 is 1.76 bits per heavy atom. The van der Waals surface area contributed by atoms with E-state index in [0.29, 0.717) is 11.5 Å². The molecule has 2 aromatic rings. The van der Waals surface area contributed by atoms with Crippen molar-refractivity contribution in [3.05, 3.63) is 63.5 Å². The number of ether oxygens (including phenoxy) is 1. The van der Waals surface area contributed by atoms with E-state index in [2.05, 4.69) is 22.6 Å². The van der Waals surface area contributed by atoms with Gasteiger partial charge in [-0.25, -0.2) is 4.39 Å². The molecule has 2 aliphatic rings. The van der Waals surface area contributed by atoms with Crippen LogP contribution in [-0.4, -0.2) is 42.6 Å². The number of rotatable bonds is 8. The molecule has 1 saturated carbocycles. The molecule has 0 spiro atoms. The van der Waals surface area contributed by atoms with E-state index in [9.17, 15) is 14.1 Å². The van der Waals surface area contributed by atoms with Crippen molar-refractivity contribution < 1.29 is 13.9 Å². The Morgan fingerprint density at radius 1 is 1.06 bits per heavy atom. The number of carbonyl (C=O) groups excluding carboxylic acids is 1. The summed E-state index contributed by atoms with van der Waals surface area (Å²) in [4.78, 5) is 25.3. The van der Waals surface area contributed by atoms with Gasteiger partial charge in [0.15, 0.2) is 0 Å². The molecule has 2 aromatic carbocycles. The van der Waals surface area contributed by atoms with Gasteiger partial charge >= 0.3 is 0 Å². The lowest BCUT2D eigenvalue weighted by atomic mass is 9.89. The fourth-order valence-electron chi connectivity index (χ4n) is 4.96. The lowest BCUT2D eigenvalue weighted by molar-refractivity contribution is -0.139. The summed E-state index contributed by atoms with van der Waals surface area (Å²) in [5.74, 6) is 0.536. The highest BCUT2D eigenvalue weighted by atomic mass is 35.5. The summed E-state index contributed by atoms with van der Waals surface area (Å²) in [6, 6.07) is 13.2. The molecule has 0 radical (unpaired) electrons. The smallest absolute Gasteiger partial charge is 0.248 e. The topological polar surface area (TPSA) is 71.0 Å². The number of amides is 1. The summed E-state index contributed by atoms with van der Waals surface area (Å²) in [6.45, 7) is 0.926. The zero-order chi connectivity index (χ0) is 23.9. The molecule has 1 aliphatic heterocycles. The van der Waals surface area contributed by atoms with Crippen molar-refractivity contribution in [2.24, 2.45) is 5.18 Å². The minimum Gasteiger partial charge on any atom is -0.382 e. The lowest BCUT2D eigenvalue weighted by Crippen LogP contribution is -2.41. The molecule has 2 fully saturated rings. The normalized spacial score (nSPS) is 21.3. The van der Waals surface area contributed by atoms with Crippen molar-refractivity contribution in [2.45, 2.75) is 63.3 Å². The van der Waals surface area contributed by atoms with Gasteiger partial charge in [-0.1, -0.05) is 23.7 Å². The number of benzene rings is 2. The molecule has 34 heavy (non-hydrogen) atoms. The molecular formula is C26H31ClFN3O3. The van der Waals surface area contributed by atoms with Crippen LogP contribution < -0.4 is 5.32 Å². The summed E-state index contributed by atoms with van der Waals surface area (Å²) in [6.07, 6.45) is 5.54. The summed E-state index contributed by atoms with van der Waals surface area (Å²) in [5, 5.41) is 7.02. The average molecular weight is 488 g/mol. The fourth-order valence-corrected chi connectivity index (χ4v) is 5.08. The predicted molar refractivity (Wildman–Crippen MR) is 132 cm³/mol. The van der Waals surface area contributed by atoms with Crippen LogP contribution in [0.2, 0.25) is 5.02 Å². The van der Waals surface area contributed by atoms with E-state index < -0.39 is 6.67 Å². The van der Waals surface area contributed by atoms with Crippen molar-refractivity contribution in [1.29, 1.82) is 0 Å². The first kappa shape index (κ1) is 24.6. The molecule has 0 aromatic heterocycles. The number of hydrogen-bond acceptors (Lipinski definition) is 5. The molecule has 0 unspecified atom stereocenters. The Morgan fingerprint density at radius 3 is 2.41 bits per heavy atom. The molecule has 182 valence electrons. The average Bonchev–Trinajstić information content (AvgIpc) is 2.88. The highest BCUT2D eigenvalue weighted by Crippen LogP contribution is 2.30. The largest absolute Gasteiger partial charge is 0.382 e. The predicted octanol–water partition coefficient (Wildman–Crippen LogP) is 6.35. The number of hydrogen-bond donors (Lipinski definition) is 1. The molecule has 6 nitrogen and oxygen atoms in total. The van der Waals surface area contributed by atoms with Crippen LogP contribution in [0.4, 0.5) is 15.8 Å². The van der Waals surface area contributed by atoms with Crippen molar-refractivity contribution in [2.75, 3.05) is 25.0 Å². The number of halogens is 2. The number of nitrogens with zero attached hydrogens (tertiary/aromatic N) is 2. The third-order valence-electron chi connectivity index (χ3n) is 7.00. The van der Waals surface area contributed by atoms with Crippen molar-refractivity contribution >= 4 is 28.9 Å². The van der Waals surface area contributed by atoms with E-state index in [1.54, 1.807) is 18.2 Å². The fraction of sp³-hybridized carbons (Fsp3) is 0.500. The van der Waals surface area contributed by atoms with Crippen molar-refractivity contribution in [3.63, 3.8) is 0 Å². The second-order valence-corrected chi connectivity index (χ2v) is 9.64. The van der Waals surface area contributed by atoms with Crippen molar-refractivity contribution in [3.8, 4) is 0 Å². The number of anilines is 1. The molecule has 0 atom stereocenters. The van der Waals surface area contributed by atoms with Gasteiger partial charge in [0.2, 0.25) is 5.91 Å². The number of nitroso groups, excluding NO2 is 1. The van der Waals surface area contributed by atoms with E-state index in [-0.39, 0.29) is 30.3 Å². The number of alkyl halides is 1. The number of carbonyl (C=O) groups is 1. The zero-order valence-corrected chi connectivity index (χ0v) is 20.0. The third-order valence-corrected chi connectivity index (χ3v) is 7.25. The molecule has 1 amide bonds. The Balaban J connectivity index is 1.16. The summed E-state index contributed by atoms with van der Waals surface area (Å²) in [5.41, 5.74) is 2.52. The maximum atomic E-state index is 13.1. The van der Waals surface area contributed by atoms with Crippen molar-refractivity contribution in [1.82, 2.24) is 4.90 Å². The first-order valence-electron chi connectivity index (χ1n) is 12.0. The van der Waals surface area contributed by atoms with Gasteiger partial charge in [0.1, 0.15) is 19.0 Å². The SMILES string of the molecule is O=Nc1ccc(NC2CCC(OCC(=O)N3CCC(c4ccc(Cl)cc4)CC3)CC2)cc1CF. The Labute approximate surface area is 204 Å². The minimum absolute atomic E-state index is 0.0671. The highest BCUT2D eigenvalue weighted by Gasteiger charge is 2.26. The third kappa shape index (κ3) is 6.33. The number of piperidine rings is 1. The van der Waals surface area contributed by atoms with Crippen LogP contribution in [-0.2, 0) is 16.2 Å². The maximum absolute atomic E-state index is 13.1. The molecule has 1 heterocycles. The van der Waals surface area contributed by atoms with E-state index in [1.165, 1.54) is 5.56 Å². The highest BCUT2D eigenvalue weighted by molar-refractivity contribution is 6.30. The van der Waals surface area contributed by atoms with Crippen LogP contribution in [0.1, 0.15) is 55.6 Å². The van der Waals surface area contributed by atoms with E-state index >= 15 is 0 Å². The second kappa shape index (κ2) is 11.8. The van der Waals surface area contributed by atoms with Gasteiger partial charge in [-0.15, -0.1) is 4.91 Å². The quantitative estimate of drug-likeness (QED) is 0.440. The Bertz CT molecular complexity index is 972. The first-order chi connectivity index (χ1) is 16.6. The molecule has 1 aliphatic carbocycles. The van der Waals surface area contributed by atoms with Crippen LogP contribution in [0, 0.1) is 4.91 Å². The summed E-state index contributed by atoms with van der Waals surface area (Å²) < 4.78 is 19.1. The van der Waals surface area contributed by atoms with Crippen LogP contribution in [0.25, 0.3) is 0 Å². The summed E-state index contributed by atoms with van der Waals surface area (Å²) >= 11 is 5.98. The minimum atomic E-state index is -0.718. The first-order valence-corrected chi connectivity index (χ1v) is 12.4. The molecule has 4 rings (SSSR count). The lowest BCUT2D eigenvalue weighted by Gasteiger charge is -2.33. The van der Waals surface area contributed by atoms with Gasteiger partial charge in [0.05, 0.1) is 6.10 Å². The maximum Gasteiger partial charge on any atom is 0.248 e. The molecule has 0 bridgehead atoms. The van der Waals surface area contributed by atoms with Gasteiger partial charge in [0.25, 0.3) is 0 Å². The van der Waals surface area contributed by atoms with E-state index in [1.807, 2.05) is 17.0 Å². The monoisotopic (exact) mass is 487 g/mol. The Kier molecular flexibility index (Phi) is 8.51. The van der Waals surface area contributed by atoms with Crippen LogP contribution in [0.15, 0.2) is 47.6 Å². The van der Waals surface area contributed by atoms with E-state index in [4.69, 9.17) is 16.3 Å². The van der Waals surface area contributed by atoms with Gasteiger partial charge in [-0.3, -0.25) is 4.79 Å². The molecule has 8 heteroatoms.